The average molecular weight is 372 g/mol. The zero-order chi connectivity index (χ0) is 18.5. The van der Waals surface area contributed by atoms with E-state index in [9.17, 15) is 9.18 Å². The molecular weight excluding hydrogens is 355 g/mol. The van der Waals surface area contributed by atoms with Crippen LogP contribution in [0.5, 0.6) is 5.75 Å². The Kier molecular flexibility index (Phi) is 5.52. The Bertz CT molecular complexity index is 898. The molecule has 0 aliphatic rings. The van der Waals surface area contributed by atoms with Gasteiger partial charge in [-0.3, -0.25) is 9.89 Å². The van der Waals surface area contributed by atoms with E-state index in [2.05, 4.69) is 20.5 Å². The van der Waals surface area contributed by atoms with Gasteiger partial charge in [0.15, 0.2) is 5.82 Å². The number of ether oxygens (including phenoxy) is 1. The van der Waals surface area contributed by atoms with Gasteiger partial charge in [0.05, 0.1) is 18.0 Å². The van der Waals surface area contributed by atoms with Crippen LogP contribution in [-0.2, 0) is 4.79 Å². The molecule has 0 bridgehead atoms. The third-order valence-corrected chi connectivity index (χ3v) is 4.57. The summed E-state index contributed by atoms with van der Waals surface area (Å²) >= 11 is 1.19. The molecule has 1 amide bonds. The van der Waals surface area contributed by atoms with E-state index < -0.39 is 11.1 Å². The van der Waals surface area contributed by atoms with Gasteiger partial charge in [-0.2, -0.15) is 0 Å². The number of carbonyl (C=O) groups excluding carboxylic acids is 1. The third kappa shape index (κ3) is 4.20. The SMILES string of the molecule is COc1ccc(-c2nc(S[C@@H](C)C(=O)Nc3ccccc3F)n[nH]2)cc1. The maximum Gasteiger partial charge on any atom is 0.237 e. The van der Waals surface area contributed by atoms with Gasteiger partial charge in [-0.05, 0) is 43.3 Å². The summed E-state index contributed by atoms with van der Waals surface area (Å²) in [5.74, 6) is 0.548. The van der Waals surface area contributed by atoms with Crippen LogP contribution < -0.4 is 10.1 Å². The Labute approximate surface area is 154 Å². The summed E-state index contributed by atoms with van der Waals surface area (Å²) in [6.45, 7) is 1.71. The summed E-state index contributed by atoms with van der Waals surface area (Å²) in [6, 6.07) is 13.4. The highest BCUT2D eigenvalue weighted by Gasteiger charge is 2.18. The fourth-order valence-corrected chi connectivity index (χ4v) is 2.91. The number of hydrogen-bond acceptors (Lipinski definition) is 5. The number of para-hydroxylation sites is 1. The number of hydrogen-bond donors (Lipinski definition) is 2. The zero-order valence-corrected chi connectivity index (χ0v) is 15.0. The van der Waals surface area contributed by atoms with E-state index in [1.165, 1.54) is 23.9 Å². The minimum Gasteiger partial charge on any atom is -0.497 e. The number of rotatable bonds is 6. The van der Waals surface area contributed by atoms with E-state index in [-0.39, 0.29) is 11.6 Å². The van der Waals surface area contributed by atoms with E-state index in [0.717, 1.165) is 11.3 Å². The summed E-state index contributed by atoms with van der Waals surface area (Å²) < 4.78 is 18.8. The van der Waals surface area contributed by atoms with E-state index in [0.29, 0.717) is 11.0 Å². The van der Waals surface area contributed by atoms with E-state index in [1.54, 1.807) is 26.2 Å². The van der Waals surface area contributed by atoms with Gasteiger partial charge in [0.1, 0.15) is 11.6 Å². The van der Waals surface area contributed by atoms with Crippen LogP contribution in [0.3, 0.4) is 0 Å². The molecule has 0 saturated heterocycles. The molecule has 0 unspecified atom stereocenters. The van der Waals surface area contributed by atoms with Gasteiger partial charge in [0, 0.05) is 5.56 Å². The Balaban J connectivity index is 1.64. The first-order valence-electron chi connectivity index (χ1n) is 7.85. The third-order valence-electron chi connectivity index (χ3n) is 3.61. The molecule has 26 heavy (non-hydrogen) atoms. The summed E-state index contributed by atoms with van der Waals surface area (Å²) in [4.78, 5) is 16.6. The van der Waals surface area contributed by atoms with E-state index in [1.807, 2.05) is 24.3 Å². The number of anilines is 1. The van der Waals surface area contributed by atoms with Crippen molar-refractivity contribution < 1.29 is 13.9 Å². The van der Waals surface area contributed by atoms with Crippen molar-refractivity contribution in [1.82, 2.24) is 15.2 Å². The lowest BCUT2D eigenvalue weighted by atomic mass is 10.2. The van der Waals surface area contributed by atoms with Crippen molar-refractivity contribution in [2.24, 2.45) is 0 Å². The summed E-state index contributed by atoms with van der Waals surface area (Å²) in [7, 11) is 1.60. The van der Waals surface area contributed by atoms with Crippen LogP contribution in [0.25, 0.3) is 11.4 Å². The molecule has 8 heteroatoms. The number of benzene rings is 2. The van der Waals surface area contributed by atoms with Gasteiger partial charge >= 0.3 is 0 Å². The number of carbonyl (C=O) groups is 1. The maximum atomic E-state index is 13.6. The lowest BCUT2D eigenvalue weighted by Crippen LogP contribution is -2.23. The highest BCUT2D eigenvalue weighted by Crippen LogP contribution is 2.25. The first kappa shape index (κ1) is 17.9. The molecule has 0 radical (unpaired) electrons. The predicted molar refractivity (Wildman–Crippen MR) is 98.7 cm³/mol. The highest BCUT2D eigenvalue weighted by atomic mass is 32.2. The van der Waals surface area contributed by atoms with Crippen LogP contribution in [0, 0.1) is 5.82 Å². The van der Waals surface area contributed by atoms with Crippen LogP contribution in [0.15, 0.2) is 53.7 Å². The van der Waals surface area contributed by atoms with Gasteiger partial charge in [-0.15, -0.1) is 5.10 Å². The molecule has 3 rings (SSSR count). The molecule has 134 valence electrons. The molecular formula is C18H17FN4O2S. The summed E-state index contributed by atoms with van der Waals surface area (Å²) in [5, 5.41) is 9.48. The van der Waals surface area contributed by atoms with Gasteiger partial charge < -0.3 is 10.1 Å². The molecule has 0 saturated carbocycles. The maximum absolute atomic E-state index is 13.6. The Hall–Kier alpha value is -2.87. The van der Waals surface area contributed by atoms with Crippen LogP contribution in [0.2, 0.25) is 0 Å². The second kappa shape index (κ2) is 8.01. The smallest absolute Gasteiger partial charge is 0.237 e. The second-order valence-electron chi connectivity index (χ2n) is 5.42. The number of nitrogens with zero attached hydrogens (tertiary/aromatic N) is 2. The number of amides is 1. The fourth-order valence-electron chi connectivity index (χ4n) is 2.19. The number of aromatic amines is 1. The Morgan fingerprint density at radius 2 is 1.96 bits per heavy atom. The molecule has 0 fully saturated rings. The lowest BCUT2D eigenvalue weighted by Gasteiger charge is -2.10. The number of H-pyrrole nitrogens is 1. The van der Waals surface area contributed by atoms with Crippen LogP contribution in [0.4, 0.5) is 10.1 Å². The van der Waals surface area contributed by atoms with Gasteiger partial charge in [-0.25, -0.2) is 9.37 Å². The summed E-state index contributed by atoms with van der Waals surface area (Å²) in [6.07, 6.45) is 0. The van der Waals surface area contributed by atoms with Crippen molar-refractivity contribution in [3.05, 3.63) is 54.3 Å². The molecule has 6 nitrogen and oxygen atoms in total. The molecule has 2 aromatic carbocycles. The van der Waals surface area contributed by atoms with Crippen molar-refractivity contribution in [1.29, 1.82) is 0 Å². The Morgan fingerprint density at radius 3 is 2.65 bits per heavy atom. The minimum absolute atomic E-state index is 0.152. The number of nitrogens with one attached hydrogen (secondary N) is 2. The quantitative estimate of drug-likeness (QED) is 0.645. The standard InChI is InChI=1S/C18H17FN4O2S/c1-11(17(24)20-15-6-4-3-5-14(15)19)26-18-21-16(22-23-18)12-7-9-13(25-2)10-8-12/h3-11H,1-2H3,(H,20,24)(H,21,22,23)/t11-/m0/s1. The van der Waals surface area contributed by atoms with Crippen LogP contribution in [-0.4, -0.2) is 33.4 Å². The zero-order valence-electron chi connectivity index (χ0n) is 14.2. The Morgan fingerprint density at radius 1 is 1.23 bits per heavy atom. The molecule has 0 aliphatic heterocycles. The topological polar surface area (TPSA) is 79.9 Å². The molecule has 1 atom stereocenters. The number of methoxy groups -OCH3 is 1. The molecule has 1 heterocycles. The lowest BCUT2D eigenvalue weighted by molar-refractivity contribution is -0.115. The van der Waals surface area contributed by atoms with Gasteiger partial charge in [-0.1, -0.05) is 23.9 Å². The fraction of sp³-hybridized carbons (Fsp3) is 0.167. The second-order valence-corrected chi connectivity index (χ2v) is 6.73. The van der Waals surface area contributed by atoms with Gasteiger partial charge in [0.25, 0.3) is 0 Å². The highest BCUT2D eigenvalue weighted by molar-refractivity contribution is 8.00. The molecule has 1 aromatic heterocycles. The van der Waals surface area contributed by atoms with Crippen LogP contribution in [0.1, 0.15) is 6.92 Å². The number of thioether (sulfide) groups is 1. The molecule has 2 N–H and O–H groups in total. The molecule has 0 spiro atoms. The average Bonchev–Trinajstić information content (AvgIpc) is 3.12. The van der Waals surface area contributed by atoms with E-state index in [4.69, 9.17) is 4.74 Å². The first-order chi connectivity index (χ1) is 12.6. The number of halogens is 1. The van der Waals surface area contributed by atoms with Crippen molar-refractivity contribution in [2.75, 3.05) is 12.4 Å². The van der Waals surface area contributed by atoms with Crippen molar-refractivity contribution in [3.8, 4) is 17.1 Å². The van der Waals surface area contributed by atoms with E-state index >= 15 is 0 Å². The monoisotopic (exact) mass is 372 g/mol. The largest absolute Gasteiger partial charge is 0.497 e. The number of aromatic nitrogens is 3. The van der Waals surface area contributed by atoms with Crippen molar-refractivity contribution in [3.63, 3.8) is 0 Å². The molecule has 3 aromatic rings. The van der Waals surface area contributed by atoms with Gasteiger partial charge in [0.2, 0.25) is 11.1 Å². The van der Waals surface area contributed by atoms with Crippen molar-refractivity contribution in [2.45, 2.75) is 17.3 Å². The van der Waals surface area contributed by atoms with Crippen LogP contribution >= 0.6 is 11.8 Å². The summed E-state index contributed by atoms with van der Waals surface area (Å²) in [5.41, 5.74) is 1.01. The van der Waals surface area contributed by atoms with Crippen molar-refractivity contribution >= 4 is 23.4 Å². The minimum atomic E-state index is -0.492. The normalized spacial score (nSPS) is 11.8. The predicted octanol–water partition coefficient (Wildman–Crippen LogP) is 3.74. The first-order valence-corrected chi connectivity index (χ1v) is 8.73. The molecule has 0 aliphatic carbocycles.